The lowest BCUT2D eigenvalue weighted by molar-refractivity contribution is -0.122. The van der Waals surface area contributed by atoms with Gasteiger partial charge in [0.25, 0.3) is 0 Å². The van der Waals surface area contributed by atoms with Crippen molar-refractivity contribution in [3.8, 4) is 0 Å². The van der Waals surface area contributed by atoms with Gasteiger partial charge in [0.15, 0.2) is 4.34 Å². The number of fused-ring (bicyclic) bond motifs is 1. The third-order valence-electron chi connectivity index (χ3n) is 4.91. The molecule has 0 unspecified atom stereocenters. The Labute approximate surface area is 160 Å². The SMILES string of the molecule is C[C@H]1Cc2ccccc2N1C(=O)CSc1nnc(NC(=O)C2CCC2)s1. The highest BCUT2D eigenvalue weighted by molar-refractivity contribution is 8.01. The molecule has 2 amide bonds. The van der Waals surface area contributed by atoms with E-state index >= 15 is 0 Å². The van der Waals surface area contributed by atoms with Crippen molar-refractivity contribution in [3.63, 3.8) is 0 Å². The van der Waals surface area contributed by atoms with Crippen LogP contribution in [0.25, 0.3) is 0 Å². The van der Waals surface area contributed by atoms with E-state index in [9.17, 15) is 9.59 Å². The maximum atomic E-state index is 12.7. The highest BCUT2D eigenvalue weighted by Crippen LogP contribution is 2.34. The molecule has 1 aromatic heterocycles. The first-order valence-corrected chi connectivity index (χ1v) is 10.6. The molecule has 0 spiro atoms. The molecule has 1 aromatic carbocycles. The van der Waals surface area contributed by atoms with Crippen molar-refractivity contribution >= 4 is 45.7 Å². The van der Waals surface area contributed by atoms with Crippen molar-refractivity contribution < 1.29 is 9.59 Å². The lowest BCUT2D eigenvalue weighted by atomic mass is 9.85. The van der Waals surface area contributed by atoms with Gasteiger partial charge >= 0.3 is 0 Å². The Bertz CT molecular complexity index is 834. The van der Waals surface area contributed by atoms with Crippen LogP contribution in [0.2, 0.25) is 0 Å². The van der Waals surface area contributed by atoms with Crippen LogP contribution in [0.4, 0.5) is 10.8 Å². The van der Waals surface area contributed by atoms with E-state index in [4.69, 9.17) is 0 Å². The summed E-state index contributed by atoms with van der Waals surface area (Å²) in [4.78, 5) is 26.5. The second-order valence-electron chi connectivity index (χ2n) is 6.72. The first-order chi connectivity index (χ1) is 12.6. The lowest BCUT2D eigenvalue weighted by Gasteiger charge is -2.23. The second kappa shape index (κ2) is 7.36. The molecule has 8 heteroatoms. The van der Waals surface area contributed by atoms with Gasteiger partial charge in [0.2, 0.25) is 16.9 Å². The summed E-state index contributed by atoms with van der Waals surface area (Å²) in [6.45, 7) is 2.07. The average molecular weight is 389 g/mol. The number of aromatic nitrogens is 2. The van der Waals surface area contributed by atoms with Crippen molar-refractivity contribution in [2.24, 2.45) is 5.92 Å². The minimum atomic E-state index is 0.0301. The summed E-state index contributed by atoms with van der Waals surface area (Å²) < 4.78 is 0.697. The van der Waals surface area contributed by atoms with Gasteiger partial charge in [-0.15, -0.1) is 10.2 Å². The van der Waals surface area contributed by atoms with E-state index in [2.05, 4.69) is 28.5 Å². The summed E-state index contributed by atoms with van der Waals surface area (Å²) in [5.74, 6) is 0.530. The monoisotopic (exact) mass is 388 g/mol. The normalized spacial score (nSPS) is 19.1. The Morgan fingerprint density at radius 1 is 1.31 bits per heavy atom. The molecule has 1 saturated carbocycles. The van der Waals surface area contributed by atoms with E-state index in [1.165, 1.54) is 28.7 Å². The predicted octanol–water partition coefficient (Wildman–Crippen LogP) is 3.35. The number of anilines is 2. The zero-order valence-electron chi connectivity index (χ0n) is 14.5. The molecule has 26 heavy (non-hydrogen) atoms. The molecule has 0 saturated heterocycles. The van der Waals surface area contributed by atoms with Crippen molar-refractivity contribution in [2.75, 3.05) is 16.0 Å². The highest BCUT2D eigenvalue weighted by atomic mass is 32.2. The lowest BCUT2D eigenvalue weighted by Crippen LogP contribution is -2.36. The zero-order chi connectivity index (χ0) is 18.1. The number of para-hydroxylation sites is 1. The number of rotatable bonds is 5. The van der Waals surface area contributed by atoms with Crippen LogP contribution in [0.5, 0.6) is 0 Å². The molecule has 4 rings (SSSR count). The maximum Gasteiger partial charge on any atom is 0.237 e. The second-order valence-corrected chi connectivity index (χ2v) is 8.92. The van der Waals surface area contributed by atoms with Gasteiger partial charge in [0, 0.05) is 17.6 Å². The van der Waals surface area contributed by atoms with E-state index in [0.717, 1.165) is 31.4 Å². The van der Waals surface area contributed by atoms with Crippen LogP contribution in [0, 0.1) is 5.92 Å². The molecule has 0 bridgehead atoms. The fourth-order valence-corrected chi connectivity index (χ4v) is 4.95. The summed E-state index contributed by atoms with van der Waals surface area (Å²) in [5.41, 5.74) is 2.23. The Hall–Kier alpha value is -1.93. The van der Waals surface area contributed by atoms with Crippen LogP contribution in [-0.4, -0.2) is 33.8 Å². The van der Waals surface area contributed by atoms with E-state index < -0.39 is 0 Å². The maximum absolute atomic E-state index is 12.7. The molecular formula is C18H20N4O2S2. The molecule has 6 nitrogen and oxygen atoms in total. The fourth-order valence-electron chi connectivity index (χ4n) is 3.34. The van der Waals surface area contributed by atoms with Crippen LogP contribution in [-0.2, 0) is 16.0 Å². The summed E-state index contributed by atoms with van der Waals surface area (Å²) in [6.07, 6.45) is 3.92. The highest BCUT2D eigenvalue weighted by Gasteiger charge is 2.30. The summed E-state index contributed by atoms with van der Waals surface area (Å²) in [6, 6.07) is 8.22. The summed E-state index contributed by atoms with van der Waals surface area (Å²) in [7, 11) is 0. The van der Waals surface area contributed by atoms with Crippen molar-refractivity contribution in [2.45, 2.75) is 43.0 Å². The number of amides is 2. The Kier molecular flexibility index (Phi) is 4.95. The van der Waals surface area contributed by atoms with Crippen LogP contribution in [0.15, 0.2) is 28.6 Å². The fraction of sp³-hybridized carbons (Fsp3) is 0.444. The van der Waals surface area contributed by atoms with Gasteiger partial charge < -0.3 is 10.2 Å². The van der Waals surface area contributed by atoms with Crippen LogP contribution < -0.4 is 10.2 Å². The number of benzene rings is 1. The number of hydrogen-bond acceptors (Lipinski definition) is 6. The van der Waals surface area contributed by atoms with Gasteiger partial charge in [0.1, 0.15) is 0 Å². The molecule has 1 aliphatic carbocycles. The number of hydrogen-bond donors (Lipinski definition) is 1. The molecule has 2 heterocycles. The van der Waals surface area contributed by atoms with Gasteiger partial charge in [-0.1, -0.05) is 47.7 Å². The van der Waals surface area contributed by atoms with Crippen LogP contribution in [0.3, 0.4) is 0 Å². The smallest absolute Gasteiger partial charge is 0.237 e. The minimum Gasteiger partial charge on any atom is -0.308 e. The number of nitrogens with zero attached hydrogens (tertiary/aromatic N) is 3. The number of carbonyl (C=O) groups is 2. The van der Waals surface area contributed by atoms with E-state index in [-0.39, 0.29) is 23.8 Å². The van der Waals surface area contributed by atoms with Crippen molar-refractivity contribution in [1.29, 1.82) is 0 Å². The largest absolute Gasteiger partial charge is 0.308 e. The van der Waals surface area contributed by atoms with Crippen LogP contribution in [0.1, 0.15) is 31.7 Å². The van der Waals surface area contributed by atoms with Gasteiger partial charge in [0.05, 0.1) is 5.75 Å². The molecule has 1 N–H and O–H groups in total. The molecule has 2 aliphatic rings. The Morgan fingerprint density at radius 2 is 2.12 bits per heavy atom. The third-order valence-corrected chi connectivity index (χ3v) is 6.86. The number of carbonyl (C=O) groups excluding carboxylic acids is 2. The van der Waals surface area contributed by atoms with E-state index in [1.54, 1.807) is 0 Å². The van der Waals surface area contributed by atoms with Crippen molar-refractivity contribution in [1.82, 2.24) is 10.2 Å². The molecule has 1 aliphatic heterocycles. The Balaban J connectivity index is 1.34. The average Bonchev–Trinajstić information content (AvgIpc) is 3.14. The molecule has 136 valence electrons. The quantitative estimate of drug-likeness (QED) is 0.628. The summed E-state index contributed by atoms with van der Waals surface area (Å²) >= 11 is 2.69. The molecular weight excluding hydrogens is 368 g/mol. The Morgan fingerprint density at radius 3 is 2.88 bits per heavy atom. The van der Waals surface area contributed by atoms with Gasteiger partial charge in [-0.3, -0.25) is 9.59 Å². The predicted molar refractivity (Wildman–Crippen MR) is 104 cm³/mol. The molecule has 1 atom stereocenters. The minimum absolute atomic E-state index is 0.0301. The number of thioether (sulfide) groups is 1. The van der Waals surface area contributed by atoms with Gasteiger partial charge in [-0.25, -0.2) is 0 Å². The standard InChI is InChI=1S/C18H20N4O2S2/c1-11-9-13-5-2-3-8-14(13)22(11)15(23)10-25-18-21-20-17(26-18)19-16(24)12-6-4-7-12/h2-3,5,8,11-12H,4,6-7,9-10H2,1H3,(H,19,20,24)/t11-/m0/s1. The third kappa shape index (κ3) is 3.48. The van der Waals surface area contributed by atoms with E-state index in [1.807, 2.05) is 23.1 Å². The first kappa shape index (κ1) is 17.5. The van der Waals surface area contributed by atoms with Gasteiger partial charge in [-0.2, -0.15) is 0 Å². The number of nitrogens with one attached hydrogen (secondary N) is 1. The van der Waals surface area contributed by atoms with E-state index in [0.29, 0.717) is 15.2 Å². The molecule has 0 radical (unpaired) electrons. The van der Waals surface area contributed by atoms with Crippen LogP contribution >= 0.6 is 23.1 Å². The summed E-state index contributed by atoms with van der Waals surface area (Å²) in [5, 5.41) is 11.4. The topological polar surface area (TPSA) is 75.2 Å². The zero-order valence-corrected chi connectivity index (χ0v) is 16.1. The molecule has 2 aromatic rings. The first-order valence-electron chi connectivity index (χ1n) is 8.79. The van der Waals surface area contributed by atoms with Crippen molar-refractivity contribution in [3.05, 3.63) is 29.8 Å². The van der Waals surface area contributed by atoms with Gasteiger partial charge in [-0.05, 0) is 37.8 Å². The molecule has 1 fully saturated rings.